The van der Waals surface area contributed by atoms with Gasteiger partial charge in [-0.15, -0.1) is 0 Å². The van der Waals surface area contributed by atoms with Crippen molar-refractivity contribution >= 4 is 5.97 Å². The van der Waals surface area contributed by atoms with Gasteiger partial charge in [-0.1, -0.05) is 0 Å². The number of aliphatic carboxylic acids is 1. The molecule has 6 atom stereocenters. The Morgan fingerprint density at radius 1 is 1.27 bits per heavy atom. The van der Waals surface area contributed by atoms with E-state index in [9.17, 15) is 20.1 Å². The zero-order chi connectivity index (χ0) is 10.7. The Bertz CT molecular complexity index is 288. The minimum Gasteiger partial charge on any atom is -1.00 e. The topological polar surface area (TPSA) is 126 Å². The molecule has 0 unspecified atom stereocenters. The fourth-order valence-electron chi connectivity index (χ4n) is 2.78. The Labute approximate surface area is 92.1 Å². The van der Waals surface area contributed by atoms with Crippen molar-refractivity contribution in [2.24, 2.45) is 11.8 Å². The van der Waals surface area contributed by atoms with E-state index in [4.69, 9.17) is 5.11 Å². The average Bonchev–Trinajstić information content (AvgIpc) is 2.54. The minimum absolute atomic E-state index is 0. The molecule has 6 nitrogen and oxygen atoms in total. The van der Waals surface area contributed by atoms with Gasteiger partial charge in [-0.2, -0.15) is 0 Å². The second kappa shape index (κ2) is 3.57. The van der Waals surface area contributed by atoms with Gasteiger partial charge in [0.1, 0.15) is 6.10 Å². The van der Waals surface area contributed by atoms with Crippen LogP contribution in [-0.2, 0) is 4.79 Å². The highest BCUT2D eigenvalue weighted by Gasteiger charge is 2.70. The number of rotatable bonds is 1. The van der Waals surface area contributed by atoms with E-state index in [1.54, 1.807) is 0 Å². The lowest BCUT2D eigenvalue weighted by atomic mass is 9.77. The average molecular weight is 240 g/mol. The molecule has 2 aliphatic rings. The summed E-state index contributed by atoms with van der Waals surface area (Å²) in [5.74, 6) is -2.44. The number of carbonyl (C=O) groups is 1. The van der Waals surface area contributed by atoms with Crippen molar-refractivity contribution in [3.8, 4) is 0 Å². The molecule has 2 rings (SSSR count). The molecule has 15 heavy (non-hydrogen) atoms. The molecular formula is C8H14ClNO5. The van der Waals surface area contributed by atoms with Crippen LogP contribution in [0.3, 0.4) is 0 Å². The minimum atomic E-state index is -1.57. The van der Waals surface area contributed by atoms with E-state index in [2.05, 4.69) is 5.73 Å². The molecule has 0 heterocycles. The number of hydrogen-bond acceptors (Lipinski definition) is 4. The maximum Gasteiger partial charge on any atom is 0.368 e. The summed E-state index contributed by atoms with van der Waals surface area (Å²) in [6, 6.07) is 0. The van der Waals surface area contributed by atoms with E-state index in [-0.39, 0.29) is 12.4 Å². The molecular weight excluding hydrogens is 226 g/mol. The van der Waals surface area contributed by atoms with Gasteiger partial charge in [0, 0.05) is 5.92 Å². The summed E-state index contributed by atoms with van der Waals surface area (Å²) >= 11 is 0. The van der Waals surface area contributed by atoms with Crippen LogP contribution in [0.2, 0.25) is 0 Å². The lowest BCUT2D eigenvalue weighted by Crippen LogP contribution is -3.00. The van der Waals surface area contributed by atoms with Crippen LogP contribution >= 0.6 is 0 Å². The molecule has 2 bridgehead atoms. The molecule has 7 N–H and O–H groups in total. The van der Waals surface area contributed by atoms with Gasteiger partial charge >= 0.3 is 5.97 Å². The molecule has 0 aliphatic heterocycles. The monoisotopic (exact) mass is 239 g/mol. The number of carboxylic acid groups (broad SMARTS) is 1. The van der Waals surface area contributed by atoms with Gasteiger partial charge < -0.3 is 38.6 Å². The number of fused-ring (bicyclic) bond motifs is 2. The summed E-state index contributed by atoms with van der Waals surface area (Å²) in [7, 11) is 0. The highest BCUT2D eigenvalue weighted by Crippen LogP contribution is 2.49. The molecule has 0 amide bonds. The van der Waals surface area contributed by atoms with E-state index in [1.165, 1.54) is 0 Å². The quantitative estimate of drug-likeness (QED) is 0.311. The van der Waals surface area contributed by atoms with Crippen LogP contribution < -0.4 is 18.1 Å². The van der Waals surface area contributed by atoms with Crippen molar-refractivity contribution in [1.29, 1.82) is 0 Å². The molecule has 0 aromatic rings. The summed E-state index contributed by atoms with van der Waals surface area (Å²) in [5.41, 5.74) is 1.93. The molecule has 0 spiro atoms. The molecule has 0 radical (unpaired) electrons. The van der Waals surface area contributed by atoms with E-state index >= 15 is 0 Å². The first-order valence-electron chi connectivity index (χ1n) is 4.53. The fourth-order valence-corrected chi connectivity index (χ4v) is 2.78. The molecule has 0 saturated heterocycles. The number of carboxylic acids is 1. The largest absolute Gasteiger partial charge is 1.00 e. The molecule has 0 aromatic carbocycles. The second-order valence-corrected chi connectivity index (χ2v) is 4.28. The first kappa shape index (κ1) is 12.7. The van der Waals surface area contributed by atoms with Crippen LogP contribution in [0.5, 0.6) is 0 Å². The highest BCUT2D eigenvalue weighted by molar-refractivity contribution is 5.79. The number of halogens is 1. The summed E-state index contributed by atoms with van der Waals surface area (Å²) in [6.07, 6.45) is -2.97. The third-order valence-electron chi connectivity index (χ3n) is 3.72. The van der Waals surface area contributed by atoms with Crippen LogP contribution in [0.25, 0.3) is 0 Å². The third kappa shape index (κ3) is 1.29. The van der Waals surface area contributed by atoms with Gasteiger partial charge in [0.05, 0.1) is 18.1 Å². The standard InChI is InChI=1S/C8H13NO5.ClH/c9-8(7(13)14)3-1-2(6(8)12)4(10)5(3)11;/h2-6,10-12H,1,9H2,(H,13,14);1H/t2-,3+,4+,5-,6+,8-;/m0./s1. The Morgan fingerprint density at radius 3 is 2.20 bits per heavy atom. The Kier molecular flexibility index (Phi) is 3.01. The van der Waals surface area contributed by atoms with Crippen molar-refractivity contribution in [2.75, 3.05) is 0 Å². The van der Waals surface area contributed by atoms with E-state index < -0.39 is 41.7 Å². The van der Waals surface area contributed by atoms with Gasteiger partial charge in [0.25, 0.3) is 0 Å². The first-order valence-corrected chi connectivity index (χ1v) is 4.53. The first-order chi connectivity index (χ1) is 6.40. The zero-order valence-electron chi connectivity index (χ0n) is 7.88. The second-order valence-electron chi connectivity index (χ2n) is 4.28. The van der Waals surface area contributed by atoms with Crippen molar-refractivity contribution in [3.63, 3.8) is 0 Å². The summed E-state index contributed by atoms with van der Waals surface area (Å²) < 4.78 is 0. The van der Waals surface area contributed by atoms with Gasteiger partial charge in [-0.05, 0) is 6.42 Å². The maximum absolute atomic E-state index is 11.0. The van der Waals surface area contributed by atoms with Crippen molar-refractivity contribution in [2.45, 2.75) is 30.3 Å². The van der Waals surface area contributed by atoms with Gasteiger partial charge in [-0.25, -0.2) is 4.79 Å². The molecule has 7 heteroatoms. The van der Waals surface area contributed by atoms with Gasteiger partial charge in [0.2, 0.25) is 5.54 Å². The molecule has 88 valence electrons. The third-order valence-corrected chi connectivity index (χ3v) is 3.72. The number of hydrogen-bond donors (Lipinski definition) is 5. The SMILES string of the molecule is [Cl-].[NH3+][C@]1(C(=O)O)[C@H](O)[C@H]2C[C@@H]1[C@H](O)[C@@H]2O. The highest BCUT2D eigenvalue weighted by atomic mass is 35.5. The number of aliphatic hydroxyl groups excluding tert-OH is 3. The fraction of sp³-hybridized carbons (Fsp3) is 0.875. The predicted octanol–water partition coefficient (Wildman–Crippen LogP) is -6.21. The Hall–Kier alpha value is -0.400. The maximum atomic E-state index is 11.0. The van der Waals surface area contributed by atoms with E-state index in [0.29, 0.717) is 6.42 Å². The van der Waals surface area contributed by atoms with E-state index in [1.807, 2.05) is 0 Å². The lowest BCUT2D eigenvalue weighted by molar-refractivity contribution is -0.496. The van der Waals surface area contributed by atoms with Crippen molar-refractivity contribution in [1.82, 2.24) is 0 Å². The van der Waals surface area contributed by atoms with Crippen LogP contribution in [0.1, 0.15) is 6.42 Å². The lowest BCUT2D eigenvalue weighted by Gasteiger charge is -2.35. The zero-order valence-corrected chi connectivity index (χ0v) is 8.63. The molecule has 2 fully saturated rings. The van der Waals surface area contributed by atoms with Gasteiger partial charge in [-0.3, -0.25) is 0 Å². The van der Waals surface area contributed by atoms with Crippen LogP contribution in [-0.4, -0.2) is 50.2 Å². The molecule has 2 aliphatic carbocycles. The number of aliphatic hydroxyl groups is 3. The smallest absolute Gasteiger partial charge is 0.368 e. The van der Waals surface area contributed by atoms with E-state index in [0.717, 1.165) is 0 Å². The summed E-state index contributed by atoms with van der Waals surface area (Å²) in [6.45, 7) is 0. The Morgan fingerprint density at radius 2 is 1.80 bits per heavy atom. The molecule has 2 saturated carbocycles. The van der Waals surface area contributed by atoms with Gasteiger partial charge in [0.15, 0.2) is 0 Å². The van der Waals surface area contributed by atoms with Crippen LogP contribution in [0.15, 0.2) is 0 Å². The van der Waals surface area contributed by atoms with Crippen molar-refractivity contribution < 1.29 is 43.4 Å². The normalized spacial score (nSPS) is 52.7. The molecule has 0 aromatic heterocycles. The Balaban J connectivity index is 0.00000112. The number of quaternary nitrogens is 1. The van der Waals surface area contributed by atoms with Crippen LogP contribution in [0.4, 0.5) is 0 Å². The summed E-state index contributed by atoms with van der Waals surface area (Å²) in [5, 5.41) is 37.6. The van der Waals surface area contributed by atoms with Crippen LogP contribution in [0, 0.1) is 11.8 Å². The predicted molar refractivity (Wildman–Crippen MR) is 42.9 cm³/mol. The van der Waals surface area contributed by atoms with Crippen molar-refractivity contribution in [3.05, 3.63) is 0 Å². The summed E-state index contributed by atoms with van der Waals surface area (Å²) in [4.78, 5) is 11.0.